The Hall–Kier alpha value is -2.27. The summed E-state index contributed by atoms with van der Waals surface area (Å²) in [5.41, 5.74) is 4.66. The Bertz CT molecular complexity index is 943. The summed E-state index contributed by atoms with van der Waals surface area (Å²) in [6, 6.07) is 2.02. The maximum absolute atomic E-state index is 13.4. The molecule has 0 radical (unpaired) electrons. The SMILES string of the molecule is COc1c2c(cc3c1[C@@H](CC(=O)/C(C)=C/[C@@H]1C(C)=CCCC1(C)C)N(C)CC3)OCO2. The number of Topliss-reactive ketones (excluding diaryl/α,β-unsaturated/α-hetero) is 1. The van der Waals surface area contributed by atoms with Crippen molar-refractivity contribution in [2.75, 3.05) is 27.5 Å². The largest absolute Gasteiger partial charge is 0.492 e. The van der Waals surface area contributed by atoms with E-state index in [1.54, 1.807) is 7.11 Å². The molecule has 0 saturated carbocycles. The Morgan fingerprint density at radius 3 is 2.84 bits per heavy atom. The third-order valence-corrected chi connectivity index (χ3v) is 7.37. The fraction of sp³-hybridized carbons (Fsp3) is 0.577. The summed E-state index contributed by atoms with van der Waals surface area (Å²) < 4.78 is 17.1. The summed E-state index contributed by atoms with van der Waals surface area (Å²) in [5.74, 6) is 2.61. The predicted molar refractivity (Wildman–Crippen MR) is 122 cm³/mol. The Morgan fingerprint density at radius 1 is 1.35 bits per heavy atom. The number of methoxy groups -OCH3 is 1. The third kappa shape index (κ3) is 4.00. The van der Waals surface area contributed by atoms with Gasteiger partial charge in [-0.2, -0.15) is 0 Å². The molecule has 5 nitrogen and oxygen atoms in total. The van der Waals surface area contributed by atoms with Crippen LogP contribution in [0.2, 0.25) is 0 Å². The van der Waals surface area contributed by atoms with E-state index in [-0.39, 0.29) is 24.0 Å². The molecule has 0 N–H and O–H groups in total. The molecule has 0 saturated heterocycles. The van der Waals surface area contributed by atoms with Gasteiger partial charge < -0.3 is 14.2 Å². The van der Waals surface area contributed by atoms with Crippen molar-refractivity contribution in [3.05, 3.63) is 40.5 Å². The van der Waals surface area contributed by atoms with Gasteiger partial charge in [-0.1, -0.05) is 31.6 Å². The first-order valence-corrected chi connectivity index (χ1v) is 11.3. The maximum Gasteiger partial charge on any atom is 0.231 e. The van der Waals surface area contributed by atoms with Crippen molar-refractivity contribution in [1.29, 1.82) is 0 Å². The van der Waals surface area contributed by atoms with E-state index >= 15 is 0 Å². The lowest BCUT2D eigenvalue weighted by atomic mass is 9.68. The van der Waals surface area contributed by atoms with Crippen LogP contribution >= 0.6 is 0 Å². The van der Waals surface area contributed by atoms with E-state index in [0.29, 0.717) is 23.8 Å². The van der Waals surface area contributed by atoms with Gasteiger partial charge in [0.25, 0.3) is 0 Å². The second kappa shape index (κ2) is 8.34. The highest BCUT2D eigenvalue weighted by molar-refractivity contribution is 5.95. The Kier molecular flexibility index (Phi) is 5.91. The maximum atomic E-state index is 13.4. The minimum atomic E-state index is -0.0416. The van der Waals surface area contributed by atoms with Crippen LogP contribution in [0.3, 0.4) is 0 Å². The smallest absolute Gasteiger partial charge is 0.231 e. The van der Waals surface area contributed by atoms with E-state index in [1.165, 1.54) is 11.1 Å². The van der Waals surface area contributed by atoms with Gasteiger partial charge in [0.1, 0.15) is 0 Å². The molecule has 0 unspecified atom stereocenters. The highest BCUT2D eigenvalue weighted by atomic mass is 16.7. The molecule has 0 amide bonds. The summed E-state index contributed by atoms with van der Waals surface area (Å²) in [4.78, 5) is 15.6. The summed E-state index contributed by atoms with van der Waals surface area (Å²) >= 11 is 0. The topological polar surface area (TPSA) is 48.0 Å². The minimum Gasteiger partial charge on any atom is -0.492 e. The van der Waals surface area contributed by atoms with E-state index in [2.05, 4.69) is 50.9 Å². The summed E-state index contributed by atoms with van der Waals surface area (Å²) in [7, 11) is 3.75. The minimum absolute atomic E-state index is 0.0416. The molecular formula is C26H35NO4. The number of benzene rings is 1. The third-order valence-electron chi connectivity index (χ3n) is 7.37. The molecule has 5 heteroatoms. The first-order chi connectivity index (χ1) is 14.7. The van der Waals surface area contributed by atoms with Gasteiger partial charge >= 0.3 is 0 Å². The number of nitrogens with zero attached hydrogens (tertiary/aromatic N) is 1. The molecule has 2 atom stereocenters. The lowest BCUT2D eigenvalue weighted by Crippen LogP contribution is -2.34. The number of allylic oxidation sites excluding steroid dienone is 4. The van der Waals surface area contributed by atoms with E-state index in [0.717, 1.165) is 42.7 Å². The molecule has 1 aromatic rings. The second-order valence-electron chi connectivity index (χ2n) is 9.89. The number of rotatable bonds is 5. The zero-order valence-electron chi connectivity index (χ0n) is 19.7. The van der Waals surface area contributed by atoms with Crippen LogP contribution in [0, 0.1) is 11.3 Å². The van der Waals surface area contributed by atoms with Gasteiger partial charge in [0, 0.05) is 30.5 Å². The van der Waals surface area contributed by atoms with Gasteiger partial charge in [-0.05, 0) is 62.8 Å². The predicted octanol–water partition coefficient (Wildman–Crippen LogP) is 5.24. The van der Waals surface area contributed by atoms with Crippen molar-refractivity contribution in [2.45, 2.75) is 59.4 Å². The van der Waals surface area contributed by atoms with Crippen LogP contribution in [-0.2, 0) is 11.2 Å². The monoisotopic (exact) mass is 425 g/mol. The molecule has 168 valence electrons. The lowest BCUT2D eigenvalue weighted by Gasteiger charge is -2.37. The number of carbonyl (C=O) groups is 1. The van der Waals surface area contributed by atoms with Crippen LogP contribution in [-0.4, -0.2) is 38.2 Å². The van der Waals surface area contributed by atoms with Crippen LogP contribution in [0.15, 0.2) is 29.4 Å². The van der Waals surface area contributed by atoms with Crippen molar-refractivity contribution < 1.29 is 19.0 Å². The van der Waals surface area contributed by atoms with Crippen LogP contribution < -0.4 is 14.2 Å². The average Bonchev–Trinajstić information content (AvgIpc) is 3.19. The molecule has 4 rings (SSSR count). The van der Waals surface area contributed by atoms with Gasteiger partial charge in [0.2, 0.25) is 12.5 Å². The van der Waals surface area contributed by atoms with Crippen molar-refractivity contribution in [1.82, 2.24) is 4.90 Å². The fourth-order valence-corrected chi connectivity index (χ4v) is 5.39. The van der Waals surface area contributed by atoms with Gasteiger partial charge in [-0.3, -0.25) is 9.69 Å². The van der Waals surface area contributed by atoms with Gasteiger partial charge in [-0.15, -0.1) is 0 Å². The molecule has 31 heavy (non-hydrogen) atoms. The Balaban J connectivity index is 1.63. The molecule has 0 spiro atoms. The normalized spacial score (nSPS) is 25.1. The molecular weight excluding hydrogens is 390 g/mol. The molecule has 0 bridgehead atoms. The van der Waals surface area contributed by atoms with E-state index in [1.807, 2.05) is 6.92 Å². The number of hydrogen-bond acceptors (Lipinski definition) is 5. The van der Waals surface area contributed by atoms with Crippen molar-refractivity contribution in [2.24, 2.45) is 11.3 Å². The van der Waals surface area contributed by atoms with Crippen LogP contribution in [0.5, 0.6) is 17.2 Å². The second-order valence-corrected chi connectivity index (χ2v) is 9.89. The van der Waals surface area contributed by atoms with Crippen LogP contribution in [0.25, 0.3) is 0 Å². The molecule has 2 heterocycles. The highest BCUT2D eigenvalue weighted by Gasteiger charge is 2.36. The highest BCUT2D eigenvalue weighted by Crippen LogP contribution is 2.50. The zero-order chi connectivity index (χ0) is 22.3. The number of likely N-dealkylation sites (N-methyl/N-ethyl adjacent to an activating group) is 1. The van der Waals surface area contributed by atoms with Crippen molar-refractivity contribution in [3.8, 4) is 17.2 Å². The van der Waals surface area contributed by atoms with Gasteiger partial charge in [0.05, 0.1) is 7.11 Å². The Labute approximate surface area is 186 Å². The van der Waals surface area contributed by atoms with E-state index in [9.17, 15) is 4.79 Å². The zero-order valence-corrected chi connectivity index (χ0v) is 19.7. The number of fused-ring (bicyclic) bond motifs is 2. The number of carbonyl (C=O) groups excluding carboxylic acids is 1. The van der Waals surface area contributed by atoms with Crippen LogP contribution in [0.1, 0.15) is 64.1 Å². The molecule has 0 aromatic heterocycles. The number of hydrogen-bond donors (Lipinski definition) is 0. The molecule has 3 aliphatic rings. The first-order valence-electron chi connectivity index (χ1n) is 11.3. The van der Waals surface area contributed by atoms with Gasteiger partial charge in [-0.25, -0.2) is 0 Å². The van der Waals surface area contributed by atoms with Crippen molar-refractivity contribution >= 4 is 5.78 Å². The summed E-state index contributed by atoms with van der Waals surface area (Å²) in [6.45, 7) is 9.88. The molecule has 2 aliphatic heterocycles. The fourth-order valence-electron chi connectivity index (χ4n) is 5.39. The van der Waals surface area contributed by atoms with Gasteiger partial charge in [0.15, 0.2) is 17.3 Å². The molecule has 1 aromatic carbocycles. The molecule has 1 aliphatic carbocycles. The standard InChI is InChI=1S/C26H35NO4/c1-16-8-7-10-26(3,4)19(16)12-17(2)21(28)14-20-23-18(9-11-27(20)5)13-22-24(25(23)29-6)31-15-30-22/h8,12-13,19-20H,7,9-11,14-15H2,1-6H3/b17-12+/t19-,20-/m1/s1. The first kappa shape index (κ1) is 21.9. The lowest BCUT2D eigenvalue weighted by molar-refractivity contribution is -0.116. The van der Waals surface area contributed by atoms with E-state index < -0.39 is 0 Å². The van der Waals surface area contributed by atoms with Crippen molar-refractivity contribution in [3.63, 3.8) is 0 Å². The quantitative estimate of drug-likeness (QED) is 0.477. The van der Waals surface area contributed by atoms with Crippen LogP contribution in [0.4, 0.5) is 0 Å². The molecule has 0 fully saturated rings. The number of ketones is 1. The summed E-state index contributed by atoms with van der Waals surface area (Å²) in [6.07, 6.45) is 8.12. The average molecular weight is 426 g/mol. The van der Waals surface area contributed by atoms with E-state index in [4.69, 9.17) is 14.2 Å². The Morgan fingerprint density at radius 2 is 2.13 bits per heavy atom. The number of ether oxygens (including phenoxy) is 3. The summed E-state index contributed by atoms with van der Waals surface area (Å²) in [5, 5.41) is 0.